The van der Waals surface area contributed by atoms with Gasteiger partial charge in [0.2, 0.25) is 8.32 Å². The van der Waals surface area contributed by atoms with E-state index in [1.807, 2.05) is 31.2 Å². The second-order valence-corrected chi connectivity index (χ2v) is 9.81. The number of aliphatic hydroxyl groups excluding tert-OH is 1. The van der Waals surface area contributed by atoms with Crippen molar-refractivity contribution in [1.29, 1.82) is 0 Å². The van der Waals surface area contributed by atoms with Crippen molar-refractivity contribution in [2.45, 2.75) is 38.6 Å². The van der Waals surface area contributed by atoms with Crippen LogP contribution in [-0.4, -0.2) is 19.5 Å². The van der Waals surface area contributed by atoms with Gasteiger partial charge in [0.1, 0.15) is 0 Å². The number of benzene rings is 2. The van der Waals surface area contributed by atoms with Gasteiger partial charge in [0.25, 0.3) is 0 Å². The number of hydrogen-bond donors (Lipinski definition) is 1. The van der Waals surface area contributed by atoms with Crippen LogP contribution in [0.5, 0.6) is 0 Å². The lowest BCUT2D eigenvalue weighted by Crippen LogP contribution is -2.45. The van der Waals surface area contributed by atoms with E-state index in [-0.39, 0.29) is 12.2 Å². The first-order valence-corrected chi connectivity index (χ1v) is 10.4. The van der Waals surface area contributed by atoms with Crippen LogP contribution >= 0.6 is 0 Å². The Balaban J connectivity index is 2.22. The second-order valence-electron chi connectivity index (χ2n) is 5.98. The Bertz CT molecular complexity index is 538. The molecule has 0 fully saturated rings. The molecule has 1 N–H and O–H groups in total. The van der Waals surface area contributed by atoms with Gasteiger partial charge in [-0.25, -0.2) is 0 Å². The summed E-state index contributed by atoms with van der Waals surface area (Å²) in [5, 5.41) is 11.1. The summed E-state index contributed by atoms with van der Waals surface area (Å²) >= 11 is 0. The maximum atomic E-state index is 9.79. The lowest BCUT2D eigenvalue weighted by Gasteiger charge is -2.31. The molecule has 0 spiro atoms. The average Bonchev–Trinajstić information content (AvgIpc) is 2.48. The van der Waals surface area contributed by atoms with Gasteiger partial charge in [-0.15, -0.1) is 0 Å². The molecule has 0 amide bonds. The molecule has 2 aromatic carbocycles. The highest BCUT2D eigenvalue weighted by Crippen LogP contribution is 2.26. The summed E-state index contributed by atoms with van der Waals surface area (Å²) in [6, 6.07) is 20.6. The molecule has 0 heterocycles. The van der Waals surface area contributed by atoms with Crippen LogP contribution in [0, 0.1) is 0 Å². The van der Waals surface area contributed by atoms with E-state index in [1.165, 1.54) is 5.19 Å². The van der Waals surface area contributed by atoms with E-state index in [4.69, 9.17) is 4.43 Å². The van der Waals surface area contributed by atoms with Crippen molar-refractivity contribution in [3.05, 3.63) is 66.2 Å². The Morgan fingerprint density at radius 1 is 0.952 bits per heavy atom. The predicted octanol–water partition coefficient (Wildman–Crippen LogP) is 3.63. The third kappa shape index (κ3) is 4.53. The van der Waals surface area contributed by atoms with Gasteiger partial charge in [0, 0.05) is 6.42 Å². The first kappa shape index (κ1) is 16.0. The summed E-state index contributed by atoms with van der Waals surface area (Å²) in [4.78, 5) is 0. The third-order valence-electron chi connectivity index (χ3n) is 3.63. The summed E-state index contributed by atoms with van der Waals surface area (Å²) in [6.45, 7) is 6.23. The summed E-state index contributed by atoms with van der Waals surface area (Å²) in [6.07, 6.45) is 0.177. The molecule has 21 heavy (non-hydrogen) atoms. The minimum atomic E-state index is -2.00. The van der Waals surface area contributed by atoms with Gasteiger partial charge in [-0.05, 0) is 30.8 Å². The van der Waals surface area contributed by atoms with Crippen LogP contribution in [0.3, 0.4) is 0 Å². The number of rotatable bonds is 6. The van der Waals surface area contributed by atoms with Crippen LogP contribution in [0.4, 0.5) is 0 Å². The molecule has 2 aromatic rings. The standard InChI is InChI=1S/C18H24O2Si/c1-15(19)14-18(16-10-6-4-7-11-16)20-21(2,3)17-12-8-5-9-13-17/h4-13,15,18-19H,14H2,1-3H3/t15-,18+/m0/s1. The molecule has 0 aliphatic heterocycles. The van der Waals surface area contributed by atoms with E-state index in [0.717, 1.165) is 5.56 Å². The van der Waals surface area contributed by atoms with Crippen molar-refractivity contribution in [1.82, 2.24) is 0 Å². The fraction of sp³-hybridized carbons (Fsp3) is 0.333. The largest absolute Gasteiger partial charge is 0.406 e. The molecular formula is C18H24O2Si. The summed E-state index contributed by atoms with van der Waals surface area (Å²) in [5.74, 6) is 0. The van der Waals surface area contributed by atoms with Crippen LogP contribution in [0.25, 0.3) is 0 Å². The van der Waals surface area contributed by atoms with Crippen molar-refractivity contribution in [3.8, 4) is 0 Å². The average molecular weight is 300 g/mol. The SMILES string of the molecule is C[C@H](O)C[C@@H](O[Si](C)(C)c1ccccc1)c1ccccc1. The topological polar surface area (TPSA) is 29.5 Å². The van der Waals surface area contributed by atoms with Crippen molar-refractivity contribution >= 4 is 13.5 Å². The molecule has 0 aliphatic carbocycles. The molecule has 0 unspecified atom stereocenters. The highest BCUT2D eigenvalue weighted by atomic mass is 28.4. The molecule has 0 bridgehead atoms. The monoisotopic (exact) mass is 300 g/mol. The number of aliphatic hydroxyl groups is 1. The van der Waals surface area contributed by atoms with Gasteiger partial charge < -0.3 is 9.53 Å². The molecule has 2 rings (SSSR count). The van der Waals surface area contributed by atoms with Crippen LogP contribution in [-0.2, 0) is 4.43 Å². The molecule has 0 saturated heterocycles. The van der Waals surface area contributed by atoms with E-state index in [1.54, 1.807) is 0 Å². The fourth-order valence-corrected chi connectivity index (χ4v) is 4.57. The van der Waals surface area contributed by atoms with Gasteiger partial charge in [-0.3, -0.25) is 0 Å². The Morgan fingerprint density at radius 3 is 2.00 bits per heavy atom. The smallest absolute Gasteiger partial charge is 0.219 e. The van der Waals surface area contributed by atoms with Crippen LogP contribution in [0.2, 0.25) is 13.1 Å². The lowest BCUT2D eigenvalue weighted by atomic mass is 10.0. The first-order valence-electron chi connectivity index (χ1n) is 7.45. The van der Waals surface area contributed by atoms with Crippen molar-refractivity contribution in [3.63, 3.8) is 0 Å². The molecule has 0 radical (unpaired) electrons. The Hall–Kier alpha value is -1.42. The van der Waals surface area contributed by atoms with Crippen LogP contribution in [0.1, 0.15) is 25.0 Å². The van der Waals surface area contributed by atoms with E-state index in [9.17, 15) is 5.11 Å². The molecular weight excluding hydrogens is 276 g/mol. The van der Waals surface area contributed by atoms with E-state index in [0.29, 0.717) is 6.42 Å². The van der Waals surface area contributed by atoms with E-state index in [2.05, 4.69) is 49.5 Å². The molecule has 2 nitrogen and oxygen atoms in total. The van der Waals surface area contributed by atoms with Crippen molar-refractivity contribution in [2.24, 2.45) is 0 Å². The first-order chi connectivity index (χ1) is 9.99. The molecule has 0 aromatic heterocycles. The highest BCUT2D eigenvalue weighted by Gasteiger charge is 2.30. The van der Waals surface area contributed by atoms with E-state index < -0.39 is 8.32 Å². The van der Waals surface area contributed by atoms with Gasteiger partial charge in [-0.2, -0.15) is 0 Å². The fourth-order valence-electron chi connectivity index (χ4n) is 2.49. The summed E-state index contributed by atoms with van der Waals surface area (Å²) in [5.41, 5.74) is 1.13. The predicted molar refractivity (Wildman–Crippen MR) is 90.1 cm³/mol. The van der Waals surface area contributed by atoms with E-state index >= 15 is 0 Å². The molecule has 3 heteroatoms. The maximum Gasteiger partial charge on any atom is 0.219 e. The van der Waals surface area contributed by atoms with Crippen molar-refractivity contribution < 1.29 is 9.53 Å². The Labute approximate surface area is 128 Å². The molecule has 112 valence electrons. The third-order valence-corrected chi connectivity index (χ3v) is 6.23. The van der Waals surface area contributed by atoms with Gasteiger partial charge in [-0.1, -0.05) is 60.7 Å². The minimum Gasteiger partial charge on any atom is -0.406 e. The lowest BCUT2D eigenvalue weighted by molar-refractivity contribution is 0.103. The molecule has 0 saturated carbocycles. The normalized spacial score (nSPS) is 14.7. The Kier molecular flexibility index (Phi) is 5.34. The Morgan fingerprint density at radius 2 is 1.48 bits per heavy atom. The quantitative estimate of drug-likeness (QED) is 0.826. The maximum absolute atomic E-state index is 9.79. The second kappa shape index (κ2) is 7.03. The molecule has 0 aliphatic rings. The zero-order valence-corrected chi connectivity index (χ0v) is 14.0. The zero-order chi connectivity index (χ0) is 15.3. The zero-order valence-electron chi connectivity index (χ0n) is 13.0. The molecule has 2 atom stereocenters. The number of hydrogen-bond acceptors (Lipinski definition) is 2. The minimum absolute atomic E-state index is 0.0620. The summed E-state index contributed by atoms with van der Waals surface area (Å²) in [7, 11) is -2.00. The summed E-state index contributed by atoms with van der Waals surface area (Å²) < 4.78 is 6.50. The van der Waals surface area contributed by atoms with Gasteiger partial charge >= 0.3 is 0 Å². The van der Waals surface area contributed by atoms with Crippen LogP contribution in [0.15, 0.2) is 60.7 Å². The highest BCUT2D eigenvalue weighted by molar-refractivity contribution is 6.84. The van der Waals surface area contributed by atoms with Gasteiger partial charge in [0.15, 0.2) is 0 Å². The van der Waals surface area contributed by atoms with Crippen LogP contribution < -0.4 is 5.19 Å². The van der Waals surface area contributed by atoms with Crippen molar-refractivity contribution in [2.75, 3.05) is 0 Å². The van der Waals surface area contributed by atoms with Gasteiger partial charge in [0.05, 0.1) is 12.2 Å².